The van der Waals surface area contributed by atoms with Crippen LogP contribution < -0.4 is 5.32 Å². The summed E-state index contributed by atoms with van der Waals surface area (Å²) < 4.78 is 0. The molecule has 2 fully saturated rings. The minimum absolute atomic E-state index is 0.165. The lowest BCUT2D eigenvalue weighted by molar-refractivity contribution is -0.137. The van der Waals surface area contributed by atoms with Gasteiger partial charge in [0, 0.05) is 26.1 Å². The number of nitrogens with one attached hydrogen (secondary N) is 1. The number of amides is 1. The second kappa shape index (κ2) is 3.54. The van der Waals surface area contributed by atoms with E-state index in [1.165, 1.54) is 25.7 Å². The molecule has 0 aromatic carbocycles. The summed E-state index contributed by atoms with van der Waals surface area (Å²) in [6.45, 7) is 5.74. The van der Waals surface area contributed by atoms with Gasteiger partial charge in [-0.2, -0.15) is 0 Å². The number of rotatable bonds is 0. The maximum absolute atomic E-state index is 11.6. The van der Waals surface area contributed by atoms with Crippen LogP contribution >= 0.6 is 0 Å². The number of nitrogens with zero attached hydrogens (tertiary/aromatic N) is 1. The van der Waals surface area contributed by atoms with Crippen LogP contribution in [-0.2, 0) is 4.79 Å². The molecule has 1 aliphatic heterocycles. The van der Waals surface area contributed by atoms with Crippen molar-refractivity contribution in [1.29, 1.82) is 0 Å². The number of hydrogen-bond donors (Lipinski definition) is 1. The van der Waals surface area contributed by atoms with Gasteiger partial charge in [0.15, 0.2) is 0 Å². The normalized spacial score (nSPS) is 31.0. The standard InChI is InChI=1S/C11H20N2O/c1-9-7-13(10(2)14)11(8-12-9)5-3-4-6-11/h9,12H,3-8H2,1-2H3. The van der Waals surface area contributed by atoms with Crippen LogP contribution in [0.25, 0.3) is 0 Å². The van der Waals surface area contributed by atoms with Gasteiger partial charge in [0.1, 0.15) is 0 Å². The van der Waals surface area contributed by atoms with Gasteiger partial charge in [0.25, 0.3) is 0 Å². The Labute approximate surface area is 85.8 Å². The van der Waals surface area contributed by atoms with Gasteiger partial charge in [-0.05, 0) is 19.8 Å². The van der Waals surface area contributed by atoms with Gasteiger partial charge in [-0.3, -0.25) is 4.79 Å². The van der Waals surface area contributed by atoms with Crippen molar-refractivity contribution in [3.63, 3.8) is 0 Å². The molecule has 2 aliphatic rings. The lowest BCUT2D eigenvalue weighted by atomic mass is 9.91. The SMILES string of the molecule is CC(=O)N1CC(C)NCC12CCCC2. The van der Waals surface area contributed by atoms with E-state index in [0.29, 0.717) is 6.04 Å². The average molecular weight is 196 g/mol. The molecular formula is C11H20N2O. The third-order valence-electron chi connectivity index (χ3n) is 3.72. The first kappa shape index (κ1) is 9.97. The molecule has 1 aliphatic carbocycles. The fraction of sp³-hybridized carbons (Fsp3) is 0.909. The van der Waals surface area contributed by atoms with Crippen LogP contribution in [0, 0.1) is 0 Å². The molecule has 0 bridgehead atoms. The maximum atomic E-state index is 11.6. The van der Waals surface area contributed by atoms with Crippen LogP contribution in [-0.4, -0.2) is 35.5 Å². The van der Waals surface area contributed by atoms with Gasteiger partial charge in [0.05, 0.1) is 5.54 Å². The van der Waals surface area contributed by atoms with Gasteiger partial charge in [-0.1, -0.05) is 12.8 Å². The summed E-state index contributed by atoms with van der Waals surface area (Å²) >= 11 is 0. The first-order valence-electron chi connectivity index (χ1n) is 5.66. The molecule has 1 saturated heterocycles. The third-order valence-corrected chi connectivity index (χ3v) is 3.72. The van der Waals surface area contributed by atoms with Crippen LogP contribution in [0.15, 0.2) is 0 Å². The summed E-state index contributed by atoms with van der Waals surface area (Å²) in [6.07, 6.45) is 4.93. The topological polar surface area (TPSA) is 32.3 Å². The number of piperazine rings is 1. The highest BCUT2D eigenvalue weighted by molar-refractivity contribution is 5.74. The van der Waals surface area contributed by atoms with Crippen molar-refractivity contribution in [3.8, 4) is 0 Å². The molecule has 1 amide bonds. The van der Waals surface area contributed by atoms with Crippen LogP contribution in [0.3, 0.4) is 0 Å². The van der Waals surface area contributed by atoms with Crippen molar-refractivity contribution in [3.05, 3.63) is 0 Å². The first-order valence-corrected chi connectivity index (χ1v) is 5.66. The molecule has 3 heteroatoms. The van der Waals surface area contributed by atoms with Gasteiger partial charge < -0.3 is 10.2 Å². The second-order valence-electron chi connectivity index (χ2n) is 4.84. The summed E-state index contributed by atoms with van der Waals surface area (Å²) in [5, 5.41) is 3.51. The van der Waals surface area contributed by atoms with E-state index in [0.717, 1.165) is 13.1 Å². The monoisotopic (exact) mass is 196 g/mol. The van der Waals surface area contributed by atoms with Crippen molar-refractivity contribution < 1.29 is 4.79 Å². The van der Waals surface area contributed by atoms with E-state index in [4.69, 9.17) is 0 Å². The van der Waals surface area contributed by atoms with Gasteiger partial charge in [0.2, 0.25) is 5.91 Å². The summed E-state index contributed by atoms with van der Waals surface area (Å²) in [4.78, 5) is 13.7. The third kappa shape index (κ3) is 1.54. The lowest BCUT2D eigenvalue weighted by Crippen LogP contribution is -2.64. The lowest BCUT2D eigenvalue weighted by Gasteiger charge is -2.47. The molecule has 1 atom stereocenters. The smallest absolute Gasteiger partial charge is 0.220 e. The number of carbonyl (C=O) groups excluding carboxylic acids is 1. The van der Waals surface area contributed by atoms with Crippen molar-refractivity contribution in [1.82, 2.24) is 10.2 Å². The van der Waals surface area contributed by atoms with E-state index >= 15 is 0 Å². The van der Waals surface area contributed by atoms with Crippen LogP contribution in [0.2, 0.25) is 0 Å². The Morgan fingerprint density at radius 2 is 2.07 bits per heavy atom. The fourth-order valence-electron chi connectivity index (χ4n) is 2.93. The zero-order valence-electron chi connectivity index (χ0n) is 9.18. The predicted molar refractivity (Wildman–Crippen MR) is 56.1 cm³/mol. The molecule has 2 rings (SSSR count). The van der Waals surface area contributed by atoms with E-state index in [9.17, 15) is 4.79 Å². The molecule has 1 heterocycles. The van der Waals surface area contributed by atoms with Gasteiger partial charge >= 0.3 is 0 Å². The molecule has 0 aromatic heterocycles. The van der Waals surface area contributed by atoms with E-state index in [2.05, 4.69) is 17.1 Å². The number of carbonyl (C=O) groups is 1. The molecule has 1 saturated carbocycles. The van der Waals surface area contributed by atoms with Gasteiger partial charge in [-0.15, -0.1) is 0 Å². The Kier molecular flexibility index (Phi) is 2.52. The molecule has 1 unspecified atom stereocenters. The Bertz CT molecular complexity index is 233. The highest BCUT2D eigenvalue weighted by Crippen LogP contribution is 2.36. The highest BCUT2D eigenvalue weighted by Gasteiger charge is 2.43. The molecule has 0 radical (unpaired) electrons. The van der Waals surface area contributed by atoms with Crippen molar-refractivity contribution in [2.24, 2.45) is 0 Å². The summed E-state index contributed by atoms with van der Waals surface area (Å²) in [7, 11) is 0. The van der Waals surface area contributed by atoms with E-state index in [-0.39, 0.29) is 11.4 Å². The van der Waals surface area contributed by atoms with E-state index < -0.39 is 0 Å². The minimum Gasteiger partial charge on any atom is -0.334 e. The zero-order chi connectivity index (χ0) is 10.2. The Morgan fingerprint density at radius 3 is 2.64 bits per heavy atom. The number of hydrogen-bond acceptors (Lipinski definition) is 2. The van der Waals surface area contributed by atoms with Crippen LogP contribution in [0.1, 0.15) is 39.5 Å². The van der Waals surface area contributed by atoms with E-state index in [1.807, 2.05) is 0 Å². The molecule has 80 valence electrons. The summed E-state index contributed by atoms with van der Waals surface area (Å²) in [5.74, 6) is 0.250. The Balaban J connectivity index is 2.17. The molecule has 3 nitrogen and oxygen atoms in total. The second-order valence-corrected chi connectivity index (χ2v) is 4.84. The fourth-order valence-corrected chi connectivity index (χ4v) is 2.93. The molecule has 0 aromatic rings. The Hall–Kier alpha value is -0.570. The summed E-state index contributed by atoms with van der Waals surface area (Å²) in [6, 6.07) is 0.449. The van der Waals surface area contributed by atoms with E-state index in [1.54, 1.807) is 6.92 Å². The van der Waals surface area contributed by atoms with Crippen molar-refractivity contribution in [2.45, 2.75) is 51.1 Å². The average Bonchev–Trinajstić information content (AvgIpc) is 2.59. The minimum atomic E-state index is 0.165. The maximum Gasteiger partial charge on any atom is 0.220 e. The first-order chi connectivity index (χ1) is 6.64. The molecular weight excluding hydrogens is 176 g/mol. The van der Waals surface area contributed by atoms with Crippen molar-refractivity contribution >= 4 is 5.91 Å². The zero-order valence-corrected chi connectivity index (χ0v) is 9.18. The Morgan fingerprint density at radius 1 is 1.43 bits per heavy atom. The molecule has 1 N–H and O–H groups in total. The highest BCUT2D eigenvalue weighted by atomic mass is 16.2. The summed E-state index contributed by atoms with van der Waals surface area (Å²) in [5.41, 5.74) is 0.165. The van der Waals surface area contributed by atoms with Gasteiger partial charge in [-0.25, -0.2) is 0 Å². The van der Waals surface area contributed by atoms with Crippen LogP contribution in [0.4, 0.5) is 0 Å². The molecule has 1 spiro atoms. The van der Waals surface area contributed by atoms with Crippen LogP contribution in [0.5, 0.6) is 0 Å². The molecule has 14 heavy (non-hydrogen) atoms. The largest absolute Gasteiger partial charge is 0.334 e. The van der Waals surface area contributed by atoms with Crippen molar-refractivity contribution in [2.75, 3.05) is 13.1 Å². The predicted octanol–water partition coefficient (Wildman–Crippen LogP) is 1.14. The quantitative estimate of drug-likeness (QED) is 0.630.